The third-order valence-electron chi connectivity index (χ3n) is 3.37. The first-order valence-corrected chi connectivity index (χ1v) is 6.88. The van der Waals surface area contributed by atoms with E-state index < -0.39 is 12.0 Å². The molecular formula is C15H15ClN2O3. The summed E-state index contributed by atoms with van der Waals surface area (Å²) >= 11 is 5.95. The topological polar surface area (TPSA) is 70.5 Å². The van der Waals surface area contributed by atoms with E-state index in [2.05, 4.69) is 4.98 Å². The molecule has 5 nitrogen and oxygen atoms in total. The Morgan fingerprint density at radius 2 is 2.05 bits per heavy atom. The average molecular weight is 307 g/mol. The summed E-state index contributed by atoms with van der Waals surface area (Å²) in [7, 11) is 1.48. The molecule has 21 heavy (non-hydrogen) atoms. The van der Waals surface area contributed by atoms with Gasteiger partial charge in [0.05, 0.1) is 11.1 Å². The first kappa shape index (κ1) is 15.3. The van der Waals surface area contributed by atoms with Gasteiger partial charge in [-0.2, -0.15) is 0 Å². The molecule has 0 radical (unpaired) electrons. The molecule has 0 fully saturated rings. The number of hydrogen-bond acceptors (Lipinski definition) is 3. The van der Waals surface area contributed by atoms with Crippen molar-refractivity contribution in [2.24, 2.45) is 0 Å². The van der Waals surface area contributed by atoms with E-state index >= 15 is 0 Å². The molecule has 0 spiro atoms. The average Bonchev–Trinajstić information content (AvgIpc) is 2.45. The van der Waals surface area contributed by atoms with E-state index in [0.717, 1.165) is 0 Å². The summed E-state index contributed by atoms with van der Waals surface area (Å²) in [6.07, 6.45) is 0.328. The van der Waals surface area contributed by atoms with Crippen molar-refractivity contribution >= 4 is 34.4 Å². The van der Waals surface area contributed by atoms with Crippen LogP contribution in [0.4, 0.5) is 0 Å². The van der Waals surface area contributed by atoms with Gasteiger partial charge < -0.3 is 10.0 Å². The number of halogens is 1. The first-order chi connectivity index (χ1) is 9.95. The number of nitrogens with zero attached hydrogens (tertiary/aromatic N) is 2. The van der Waals surface area contributed by atoms with Crippen LogP contribution in [0.25, 0.3) is 10.9 Å². The highest BCUT2D eigenvalue weighted by atomic mass is 35.5. The highest BCUT2D eigenvalue weighted by molar-refractivity contribution is 6.30. The molecule has 2 rings (SSSR count). The number of amides is 1. The maximum atomic E-state index is 12.6. The minimum Gasteiger partial charge on any atom is -0.480 e. The quantitative estimate of drug-likeness (QED) is 0.882. The molecule has 1 N–H and O–H groups in total. The molecule has 1 aromatic carbocycles. The van der Waals surface area contributed by atoms with Crippen LogP contribution in [0.15, 0.2) is 30.3 Å². The van der Waals surface area contributed by atoms with Crippen LogP contribution >= 0.6 is 11.6 Å². The molecule has 0 aliphatic heterocycles. The molecule has 1 aromatic heterocycles. The number of aliphatic carboxylic acids is 1. The number of para-hydroxylation sites is 1. The third kappa shape index (κ3) is 2.97. The Morgan fingerprint density at radius 1 is 1.38 bits per heavy atom. The van der Waals surface area contributed by atoms with Crippen molar-refractivity contribution < 1.29 is 14.7 Å². The second-order valence-electron chi connectivity index (χ2n) is 4.69. The van der Waals surface area contributed by atoms with E-state index in [1.54, 1.807) is 31.2 Å². The maximum Gasteiger partial charge on any atom is 0.326 e. The van der Waals surface area contributed by atoms with Gasteiger partial charge in [-0.1, -0.05) is 36.7 Å². The molecule has 0 bridgehead atoms. The van der Waals surface area contributed by atoms with Crippen molar-refractivity contribution in [2.45, 2.75) is 19.4 Å². The Kier molecular flexibility index (Phi) is 4.43. The number of carbonyl (C=O) groups is 2. The number of rotatable bonds is 4. The maximum absolute atomic E-state index is 12.6. The second-order valence-corrected chi connectivity index (χ2v) is 5.08. The molecule has 2 aromatic rings. The highest BCUT2D eigenvalue weighted by Crippen LogP contribution is 2.22. The zero-order chi connectivity index (χ0) is 15.6. The summed E-state index contributed by atoms with van der Waals surface area (Å²) in [5, 5.41) is 10.0. The van der Waals surface area contributed by atoms with Crippen LogP contribution in [0, 0.1) is 0 Å². The summed E-state index contributed by atoms with van der Waals surface area (Å²) in [5.41, 5.74) is 0.956. The predicted molar refractivity (Wildman–Crippen MR) is 80.6 cm³/mol. The summed E-state index contributed by atoms with van der Waals surface area (Å²) in [4.78, 5) is 29.2. The van der Waals surface area contributed by atoms with Crippen molar-refractivity contribution in [3.05, 3.63) is 41.0 Å². The number of likely N-dealkylation sites (N-methyl/N-ethyl adjacent to an activating group) is 1. The SMILES string of the molecule is CCC(C(=O)O)N(C)C(=O)c1cc(Cl)nc2ccccc12. The minimum absolute atomic E-state index is 0.203. The molecule has 0 saturated carbocycles. The zero-order valence-electron chi connectivity index (χ0n) is 11.7. The smallest absolute Gasteiger partial charge is 0.326 e. The molecule has 0 aliphatic carbocycles. The molecule has 1 unspecified atom stereocenters. The molecule has 1 atom stereocenters. The molecule has 1 amide bonds. The highest BCUT2D eigenvalue weighted by Gasteiger charge is 2.26. The van der Waals surface area contributed by atoms with Gasteiger partial charge in [-0.15, -0.1) is 0 Å². The fourth-order valence-electron chi connectivity index (χ4n) is 2.27. The van der Waals surface area contributed by atoms with Crippen LogP contribution in [0.1, 0.15) is 23.7 Å². The van der Waals surface area contributed by atoms with E-state index in [-0.39, 0.29) is 11.1 Å². The van der Waals surface area contributed by atoms with Crippen LogP contribution in [0.2, 0.25) is 5.15 Å². The molecule has 0 aliphatic rings. The van der Waals surface area contributed by atoms with E-state index in [9.17, 15) is 14.7 Å². The van der Waals surface area contributed by atoms with Gasteiger partial charge in [-0.25, -0.2) is 9.78 Å². The van der Waals surface area contributed by atoms with Crippen molar-refractivity contribution in [2.75, 3.05) is 7.05 Å². The zero-order valence-corrected chi connectivity index (χ0v) is 12.5. The summed E-state index contributed by atoms with van der Waals surface area (Å²) < 4.78 is 0. The number of carboxylic acid groups (broad SMARTS) is 1. The number of carboxylic acids is 1. The van der Waals surface area contributed by atoms with Gasteiger partial charge in [0.25, 0.3) is 5.91 Å². The van der Waals surface area contributed by atoms with E-state index in [4.69, 9.17) is 11.6 Å². The summed E-state index contributed by atoms with van der Waals surface area (Å²) in [6, 6.07) is 7.72. The largest absolute Gasteiger partial charge is 0.480 e. The number of fused-ring (bicyclic) bond motifs is 1. The fraction of sp³-hybridized carbons (Fsp3) is 0.267. The van der Waals surface area contributed by atoms with Gasteiger partial charge in [0.1, 0.15) is 11.2 Å². The lowest BCUT2D eigenvalue weighted by molar-refractivity contribution is -0.142. The normalized spacial score (nSPS) is 12.1. The number of benzene rings is 1. The Balaban J connectivity index is 2.50. The number of carbonyl (C=O) groups excluding carboxylic acids is 1. The van der Waals surface area contributed by atoms with E-state index in [1.807, 2.05) is 0 Å². The Morgan fingerprint density at radius 3 is 2.67 bits per heavy atom. The predicted octanol–water partition coefficient (Wildman–Crippen LogP) is 2.82. The van der Waals surface area contributed by atoms with Gasteiger partial charge in [0.15, 0.2) is 0 Å². The molecule has 6 heteroatoms. The number of pyridine rings is 1. The van der Waals surface area contributed by atoms with Crippen LogP contribution in [0.3, 0.4) is 0 Å². The van der Waals surface area contributed by atoms with Gasteiger partial charge in [-0.3, -0.25) is 4.79 Å². The Bertz CT molecular complexity index is 702. The fourth-order valence-corrected chi connectivity index (χ4v) is 2.47. The van der Waals surface area contributed by atoms with Crippen LogP contribution in [-0.4, -0.2) is 40.0 Å². The van der Waals surface area contributed by atoms with Gasteiger partial charge in [0, 0.05) is 12.4 Å². The van der Waals surface area contributed by atoms with Crippen LogP contribution in [0.5, 0.6) is 0 Å². The second kappa shape index (κ2) is 6.10. The standard InChI is InChI=1S/C15H15ClN2O3/c1-3-12(15(20)21)18(2)14(19)10-8-13(16)17-11-7-5-4-6-9(10)11/h4-8,12H,3H2,1-2H3,(H,20,21). The molecular weight excluding hydrogens is 292 g/mol. The van der Waals surface area contributed by atoms with Gasteiger partial charge in [0.2, 0.25) is 0 Å². The lowest BCUT2D eigenvalue weighted by Crippen LogP contribution is -2.42. The molecule has 0 saturated heterocycles. The Hall–Kier alpha value is -2.14. The van der Waals surface area contributed by atoms with Crippen molar-refractivity contribution in [1.29, 1.82) is 0 Å². The van der Waals surface area contributed by atoms with Crippen molar-refractivity contribution in [1.82, 2.24) is 9.88 Å². The van der Waals surface area contributed by atoms with Crippen molar-refractivity contribution in [3.63, 3.8) is 0 Å². The number of hydrogen-bond donors (Lipinski definition) is 1. The van der Waals surface area contributed by atoms with E-state index in [1.165, 1.54) is 18.0 Å². The third-order valence-corrected chi connectivity index (χ3v) is 3.57. The Labute approximate surface area is 127 Å². The monoisotopic (exact) mass is 306 g/mol. The van der Waals surface area contributed by atoms with Crippen LogP contribution < -0.4 is 0 Å². The van der Waals surface area contributed by atoms with E-state index in [0.29, 0.717) is 22.9 Å². The molecule has 1 heterocycles. The number of aromatic nitrogens is 1. The van der Waals surface area contributed by atoms with Crippen molar-refractivity contribution in [3.8, 4) is 0 Å². The van der Waals surface area contributed by atoms with Crippen LogP contribution in [-0.2, 0) is 4.79 Å². The first-order valence-electron chi connectivity index (χ1n) is 6.51. The lowest BCUT2D eigenvalue weighted by Gasteiger charge is -2.24. The summed E-state index contributed by atoms with van der Waals surface area (Å²) in [5.74, 6) is -1.41. The van der Waals surface area contributed by atoms with Gasteiger partial charge >= 0.3 is 5.97 Å². The molecule has 110 valence electrons. The lowest BCUT2D eigenvalue weighted by atomic mass is 10.1. The van der Waals surface area contributed by atoms with Gasteiger partial charge in [-0.05, 0) is 18.6 Å². The summed E-state index contributed by atoms with van der Waals surface area (Å²) in [6.45, 7) is 1.72. The minimum atomic E-state index is -1.03.